The third kappa shape index (κ3) is 3.60. The molecule has 0 bridgehead atoms. The number of rotatable bonds is 3. The van der Waals surface area contributed by atoms with Crippen LogP contribution in [-0.2, 0) is 6.54 Å². The largest absolute Gasteiger partial charge is 0.486 e. The molecule has 2 heterocycles. The summed E-state index contributed by atoms with van der Waals surface area (Å²) in [6.07, 6.45) is 2.15. The van der Waals surface area contributed by atoms with Crippen molar-refractivity contribution in [3.8, 4) is 11.5 Å². The molecule has 2 aromatic rings. The van der Waals surface area contributed by atoms with E-state index in [1.807, 2.05) is 6.07 Å². The van der Waals surface area contributed by atoms with Crippen LogP contribution in [0.15, 0.2) is 42.5 Å². The fourth-order valence-corrected chi connectivity index (χ4v) is 3.80. The van der Waals surface area contributed by atoms with Gasteiger partial charge in [-0.15, -0.1) is 0 Å². The minimum absolute atomic E-state index is 0.227. The molecule has 0 spiro atoms. The smallest absolute Gasteiger partial charge is 0.169 e. The maximum atomic E-state index is 13.0. The van der Waals surface area contributed by atoms with Gasteiger partial charge >= 0.3 is 0 Å². The summed E-state index contributed by atoms with van der Waals surface area (Å²) in [5, 5.41) is 4.03. The van der Waals surface area contributed by atoms with Crippen LogP contribution in [0.5, 0.6) is 11.5 Å². The number of likely N-dealkylation sites (tertiary alicyclic amines) is 1. The van der Waals surface area contributed by atoms with Gasteiger partial charge in [0.25, 0.3) is 0 Å². The second-order valence-corrected chi connectivity index (χ2v) is 6.93. The summed E-state index contributed by atoms with van der Waals surface area (Å²) in [6, 6.07) is 12.9. The zero-order valence-electron chi connectivity index (χ0n) is 14.4. The Balaban J connectivity index is 1.44. The van der Waals surface area contributed by atoms with Gasteiger partial charge in [-0.3, -0.25) is 0 Å². The Morgan fingerprint density at radius 3 is 2.69 bits per heavy atom. The minimum Gasteiger partial charge on any atom is -0.486 e. The van der Waals surface area contributed by atoms with Gasteiger partial charge in [0, 0.05) is 13.1 Å². The summed E-state index contributed by atoms with van der Waals surface area (Å²) < 4.78 is 24.3. The molecule has 136 valence electrons. The lowest BCUT2D eigenvalue weighted by atomic mass is 10.0. The minimum atomic E-state index is -0.227. The van der Waals surface area contributed by atoms with E-state index in [1.165, 1.54) is 17.7 Å². The Kier molecular flexibility index (Phi) is 4.93. The first-order valence-electron chi connectivity index (χ1n) is 8.89. The number of ether oxygens (including phenoxy) is 2. The number of thiocarbonyl (C=S) groups is 1. The van der Waals surface area contributed by atoms with Crippen molar-refractivity contribution in [1.82, 2.24) is 10.2 Å². The first-order valence-corrected chi connectivity index (χ1v) is 9.30. The molecule has 0 unspecified atom stereocenters. The Hall–Kier alpha value is -2.34. The summed E-state index contributed by atoms with van der Waals surface area (Å²) >= 11 is 5.62. The molecule has 1 saturated heterocycles. The molecule has 2 aliphatic heterocycles. The summed E-state index contributed by atoms with van der Waals surface area (Å²) in [7, 11) is 0. The lowest BCUT2D eigenvalue weighted by Crippen LogP contribution is -2.38. The van der Waals surface area contributed by atoms with Crippen molar-refractivity contribution < 1.29 is 13.9 Å². The second kappa shape index (κ2) is 7.50. The van der Waals surface area contributed by atoms with Crippen LogP contribution >= 0.6 is 12.2 Å². The second-order valence-electron chi connectivity index (χ2n) is 6.54. The quantitative estimate of drug-likeness (QED) is 0.829. The van der Waals surface area contributed by atoms with Gasteiger partial charge in [0.05, 0.1) is 6.04 Å². The summed E-state index contributed by atoms with van der Waals surface area (Å²) in [4.78, 5) is 2.23. The Bertz CT molecular complexity index is 797. The van der Waals surface area contributed by atoms with Gasteiger partial charge in [-0.2, -0.15) is 0 Å². The number of hydrogen-bond acceptors (Lipinski definition) is 3. The normalized spacial score (nSPS) is 18.7. The molecule has 1 atom stereocenters. The van der Waals surface area contributed by atoms with E-state index in [-0.39, 0.29) is 11.9 Å². The zero-order valence-corrected chi connectivity index (χ0v) is 15.2. The van der Waals surface area contributed by atoms with Crippen molar-refractivity contribution in [2.45, 2.75) is 25.4 Å². The van der Waals surface area contributed by atoms with E-state index < -0.39 is 0 Å². The number of nitrogens with zero attached hydrogens (tertiary/aromatic N) is 1. The molecule has 26 heavy (non-hydrogen) atoms. The highest BCUT2D eigenvalue weighted by Gasteiger charge is 2.29. The van der Waals surface area contributed by atoms with Gasteiger partial charge in [0.2, 0.25) is 0 Å². The lowest BCUT2D eigenvalue weighted by molar-refractivity contribution is 0.171. The standard InChI is InChI=1S/C20H21FN2O2S/c21-16-6-3-14(4-7-16)13-22-20(26)23-9-1-2-17(23)15-5-8-18-19(12-15)25-11-10-24-18/h3-8,12,17H,1-2,9-11,13H2,(H,22,26)/t17-/m0/s1. The fraction of sp³-hybridized carbons (Fsp3) is 0.350. The number of benzene rings is 2. The molecule has 1 N–H and O–H groups in total. The molecule has 4 nitrogen and oxygen atoms in total. The number of nitrogens with one attached hydrogen (secondary N) is 1. The highest BCUT2D eigenvalue weighted by Crippen LogP contribution is 2.38. The molecule has 1 fully saturated rings. The average Bonchev–Trinajstić information content (AvgIpc) is 3.17. The first kappa shape index (κ1) is 17.1. The van der Waals surface area contributed by atoms with Crippen LogP contribution in [-0.4, -0.2) is 29.8 Å². The van der Waals surface area contributed by atoms with E-state index in [4.69, 9.17) is 21.7 Å². The molecular formula is C20H21FN2O2S. The average molecular weight is 372 g/mol. The highest BCUT2D eigenvalue weighted by atomic mass is 32.1. The maximum absolute atomic E-state index is 13.0. The predicted molar refractivity (Wildman–Crippen MR) is 102 cm³/mol. The molecule has 2 aliphatic rings. The van der Waals surface area contributed by atoms with Gasteiger partial charge < -0.3 is 19.7 Å². The summed E-state index contributed by atoms with van der Waals surface area (Å²) in [5.74, 6) is 1.39. The van der Waals surface area contributed by atoms with E-state index >= 15 is 0 Å². The topological polar surface area (TPSA) is 33.7 Å². The van der Waals surface area contributed by atoms with Crippen LogP contribution in [0.1, 0.15) is 30.0 Å². The van der Waals surface area contributed by atoms with Crippen LogP contribution < -0.4 is 14.8 Å². The van der Waals surface area contributed by atoms with E-state index in [0.29, 0.717) is 19.8 Å². The maximum Gasteiger partial charge on any atom is 0.169 e. The summed E-state index contributed by atoms with van der Waals surface area (Å²) in [6.45, 7) is 2.69. The molecule has 0 aromatic heterocycles. The Labute approximate surface area is 157 Å². The van der Waals surface area contributed by atoms with Gasteiger partial charge in [0.15, 0.2) is 16.6 Å². The monoisotopic (exact) mass is 372 g/mol. The van der Waals surface area contributed by atoms with Crippen molar-refractivity contribution in [2.75, 3.05) is 19.8 Å². The van der Waals surface area contributed by atoms with E-state index in [9.17, 15) is 4.39 Å². The molecule has 0 aliphatic carbocycles. The van der Waals surface area contributed by atoms with Gasteiger partial charge in [0.1, 0.15) is 19.0 Å². The van der Waals surface area contributed by atoms with E-state index in [0.717, 1.165) is 41.6 Å². The Morgan fingerprint density at radius 2 is 1.88 bits per heavy atom. The van der Waals surface area contributed by atoms with Crippen LogP contribution in [0.2, 0.25) is 0 Å². The fourth-order valence-electron chi connectivity index (χ4n) is 3.51. The molecular weight excluding hydrogens is 351 g/mol. The number of fused-ring (bicyclic) bond motifs is 1. The van der Waals surface area contributed by atoms with E-state index in [2.05, 4.69) is 22.3 Å². The van der Waals surface area contributed by atoms with Crippen LogP contribution in [0.4, 0.5) is 4.39 Å². The molecule has 4 rings (SSSR count). The van der Waals surface area contributed by atoms with Crippen molar-refractivity contribution in [2.24, 2.45) is 0 Å². The Morgan fingerprint density at radius 1 is 1.12 bits per heavy atom. The highest BCUT2D eigenvalue weighted by molar-refractivity contribution is 7.80. The molecule has 6 heteroatoms. The molecule has 2 aromatic carbocycles. The molecule has 0 saturated carbocycles. The first-order chi connectivity index (χ1) is 12.7. The molecule has 0 radical (unpaired) electrons. The van der Waals surface area contributed by atoms with Gasteiger partial charge in [-0.1, -0.05) is 18.2 Å². The number of hydrogen-bond donors (Lipinski definition) is 1. The van der Waals surface area contributed by atoms with Crippen molar-refractivity contribution >= 4 is 17.3 Å². The lowest BCUT2D eigenvalue weighted by Gasteiger charge is -2.29. The third-order valence-corrected chi connectivity index (χ3v) is 5.20. The third-order valence-electron chi connectivity index (χ3n) is 4.82. The zero-order chi connectivity index (χ0) is 17.9. The molecule has 0 amide bonds. The van der Waals surface area contributed by atoms with Crippen LogP contribution in [0.25, 0.3) is 0 Å². The van der Waals surface area contributed by atoms with Crippen molar-refractivity contribution in [3.63, 3.8) is 0 Å². The van der Waals surface area contributed by atoms with E-state index in [1.54, 1.807) is 12.1 Å². The van der Waals surface area contributed by atoms with Gasteiger partial charge in [-0.05, 0) is 60.5 Å². The SMILES string of the molecule is Fc1ccc(CNC(=S)N2CCC[C@H]2c2ccc3c(c2)OCCO3)cc1. The summed E-state index contributed by atoms with van der Waals surface area (Å²) in [5.41, 5.74) is 2.20. The predicted octanol–water partition coefficient (Wildman–Crippen LogP) is 3.81. The number of halogens is 1. The van der Waals surface area contributed by atoms with Crippen LogP contribution in [0, 0.1) is 5.82 Å². The van der Waals surface area contributed by atoms with Crippen molar-refractivity contribution in [1.29, 1.82) is 0 Å². The van der Waals surface area contributed by atoms with Crippen LogP contribution in [0.3, 0.4) is 0 Å². The van der Waals surface area contributed by atoms with Gasteiger partial charge in [-0.25, -0.2) is 4.39 Å². The van der Waals surface area contributed by atoms with Crippen molar-refractivity contribution in [3.05, 3.63) is 59.4 Å².